The lowest BCUT2D eigenvalue weighted by atomic mass is 10.0. The highest BCUT2D eigenvalue weighted by Gasteiger charge is 2.36. The van der Waals surface area contributed by atoms with Crippen LogP contribution in [0, 0.1) is 11.3 Å². The van der Waals surface area contributed by atoms with Crippen LogP contribution in [0.3, 0.4) is 0 Å². The lowest BCUT2D eigenvalue weighted by Gasteiger charge is -2.34. The Morgan fingerprint density at radius 3 is 2.55 bits per heavy atom. The summed E-state index contributed by atoms with van der Waals surface area (Å²) in [6.45, 7) is 2.28. The third kappa shape index (κ3) is 4.40. The molecule has 4 aromatic rings. The highest BCUT2D eigenvalue weighted by molar-refractivity contribution is 6.16. The first-order valence-corrected chi connectivity index (χ1v) is 11.9. The summed E-state index contributed by atoms with van der Waals surface area (Å²) in [7, 11) is 1.52. The predicted molar refractivity (Wildman–Crippen MR) is 140 cm³/mol. The number of nitrogens with zero attached hydrogens (tertiary/aromatic N) is 4. The smallest absolute Gasteiger partial charge is 0.277 e. The van der Waals surface area contributed by atoms with Crippen molar-refractivity contribution < 1.29 is 19.1 Å². The zero-order chi connectivity index (χ0) is 26.8. The maximum atomic E-state index is 13.6. The molecule has 0 unspecified atom stereocenters. The first-order chi connectivity index (χ1) is 18.4. The van der Waals surface area contributed by atoms with Crippen LogP contribution in [0.5, 0.6) is 5.75 Å². The van der Waals surface area contributed by atoms with E-state index in [0.717, 1.165) is 0 Å². The number of carbonyl (C=O) groups is 3. The van der Waals surface area contributed by atoms with E-state index >= 15 is 0 Å². The fourth-order valence-electron chi connectivity index (χ4n) is 4.56. The van der Waals surface area contributed by atoms with Crippen LogP contribution in [-0.2, 0) is 6.54 Å². The molecule has 1 aromatic heterocycles. The van der Waals surface area contributed by atoms with Crippen molar-refractivity contribution in [2.24, 2.45) is 0 Å². The summed E-state index contributed by atoms with van der Waals surface area (Å²) in [5.41, 5.74) is 2.66. The number of para-hydroxylation sites is 1. The number of aromatic nitrogens is 2. The molecule has 3 aromatic carbocycles. The number of methoxy groups -OCH3 is 1. The fraction of sp³-hybridized carbons (Fsp3) is 0.138. The first-order valence-electron chi connectivity index (χ1n) is 11.9. The quantitative estimate of drug-likeness (QED) is 0.391. The number of rotatable bonds is 6. The largest absolute Gasteiger partial charge is 0.496 e. The van der Waals surface area contributed by atoms with Crippen molar-refractivity contribution in [2.45, 2.75) is 19.5 Å². The zero-order valence-electron chi connectivity index (χ0n) is 20.7. The second-order valence-electron chi connectivity index (χ2n) is 8.84. The van der Waals surface area contributed by atoms with Crippen molar-refractivity contribution in [3.05, 3.63) is 107 Å². The number of benzene rings is 3. The minimum atomic E-state index is -0.498. The molecule has 0 saturated carbocycles. The molecule has 0 radical (unpaired) electrons. The number of ether oxygens (including phenoxy) is 1. The van der Waals surface area contributed by atoms with Gasteiger partial charge in [-0.15, -0.1) is 0 Å². The molecule has 2 heterocycles. The monoisotopic (exact) mass is 505 g/mol. The van der Waals surface area contributed by atoms with Gasteiger partial charge < -0.3 is 15.0 Å². The average Bonchev–Trinajstić information content (AvgIpc) is 3.37. The van der Waals surface area contributed by atoms with Crippen LogP contribution >= 0.6 is 0 Å². The number of hydrogen-bond acceptors (Lipinski definition) is 6. The Balaban J connectivity index is 1.41. The summed E-state index contributed by atoms with van der Waals surface area (Å²) in [5.74, 6) is -0.577. The molecule has 1 atom stereocenters. The third-order valence-corrected chi connectivity index (χ3v) is 6.39. The number of anilines is 2. The first kappa shape index (κ1) is 24.5. The van der Waals surface area contributed by atoms with E-state index in [1.165, 1.54) is 18.0 Å². The number of carbonyl (C=O) groups excluding carboxylic acids is 3. The van der Waals surface area contributed by atoms with Crippen molar-refractivity contribution in [1.82, 2.24) is 9.78 Å². The topological polar surface area (TPSA) is 117 Å². The molecule has 0 bridgehead atoms. The highest BCUT2D eigenvalue weighted by Crippen LogP contribution is 2.29. The molecular weight excluding hydrogens is 482 g/mol. The summed E-state index contributed by atoms with van der Waals surface area (Å²) in [6.07, 6.45) is 1.38. The molecule has 9 nitrogen and oxygen atoms in total. The zero-order valence-corrected chi connectivity index (χ0v) is 20.7. The van der Waals surface area contributed by atoms with Gasteiger partial charge in [0.25, 0.3) is 11.8 Å². The van der Waals surface area contributed by atoms with Gasteiger partial charge in [-0.25, -0.2) is 0 Å². The van der Waals surface area contributed by atoms with Gasteiger partial charge in [0, 0.05) is 16.9 Å². The van der Waals surface area contributed by atoms with Crippen molar-refractivity contribution in [1.29, 1.82) is 5.26 Å². The summed E-state index contributed by atoms with van der Waals surface area (Å²) in [6, 6.07) is 22.1. The predicted octanol–water partition coefficient (Wildman–Crippen LogP) is 4.30. The molecular formula is C29H23N5O4. The second-order valence-corrected chi connectivity index (χ2v) is 8.84. The van der Waals surface area contributed by atoms with E-state index in [1.807, 2.05) is 13.0 Å². The molecule has 188 valence electrons. The van der Waals surface area contributed by atoms with Crippen LogP contribution in [0.4, 0.5) is 11.4 Å². The minimum Gasteiger partial charge on any atom is -0.496 e. The van der Waals surface area contributed by atoms with E-state index in [2.05, 4.69) is 10.4 Å². The summed E-state index contributed by atoms with van der Waals surface area (Å²) < 4.78 is 6.84. The summed E-state index contributed by atoms with van der Waals surface area (Å²) in [4.78, 5) is 41.4. The van der Waals surface area contributed by atoms with Crippen LogP contribution in [-0.4, -0.2) is 40.5 Å². The lowest BCUT2D eigenvalue weighted by Crippen LogP contribution is -2.47. The minimum absolute atomic E-state index is 0.136. The fourth-order valence-corrected chi connectivity index (χ4v) is 4.56. The van der Waals surface area contributed by atoms with Gasteiger partial charge in [-0.05, 0) is 61.5 Å². The van der Waals surface area contributed by atoms with E-state index in [4.69, 9.17) is 10.00 Å². The van der Waals surface area contributed by atoms with Crippen LogP contribution in [0.2, 0.25) is 0 Å². The van der Waals surface area contributed by atoms with Gasteiger partial charge in [-0.3, -0.25) is 19.1 Å². The van der Waals surface area contributed by atoms with E-state index in [0.29, 0.717) is 40.4 Å². The molecule has 1 aliphatic rings. The van der Waals surface area contributed by atoms with Crippen LogP contribution in [0.15, 0.2) is 79.0 Å². The van der Waals surface area contributed by atoms with E-state index in [9.17, 15) is 14.4 Å². The summed E-state index contributed by atoms with van der Waals surface area (Å²) >= 11 is 0. The van der Waals surface area contributed by atoms with E-state index < -0.39 is 5.91 Å². The Hall–Kier alpha value is -5.23. The Labute approximate surface area is 218 Å². The number of ketones is 1. The van der Waals surface area contributed by atoms with Crippen molar-refractivity contribution in [3.8, 4) is 11.8 Å². The molecule has 0 fully saturated rings. The Morgan fingerprint density at radius 1 is 1.05 bits per heavy atom. The van der Waals surface area contributed by atoms with Gasteiger partial charge in [0.15, 0.2) is 5.78 Å². The number of nitrogens with one attached hydrogen (secondary N) is 1. The summed E-state index contributed by atoms with van der Waals surface area (Å²) in [5, 5.41) is 16.1. The van der Waals surface area contributed by atoms with Crippen molar-refractivity contribution in [3.63, 3.8) is 0 Å². The molecule has 5 rings (SSSR count). The maximum Gasteiger partial charge on any atom is 0.277 e. The third-order valence-electron chi connectivity index (χ3n) is 6.39. The molecule has 9 heteroatoms. The van der Waals surface area contributed by atoms with Crippen molar-refractivity contribution in [2.75, 3.05) is 17.3 Å². The van der Waals surface area contributed by atoms with Crippen LogP contribution in [0.1, 0.15) is 49.3 Å². The Morgan fingerprint density at radius 2 is 1.82 bits per heavy atom. The molecule has 0 saturated heterocycles. The van der Waals surface area contributed by atoms with Crippen LogP contribution in [0.25, 0.3) is 0 Å². The number of amides is 2. The number of hydrogen-bond donors (Lipinski definition) is 1. The Kier molecular flexibility index (Phi) is 6.46. The highest BCUT2D eigenvalue weighted by atomic mass is 16.5. The standard InChI is InChI=1S/C29H23N5O4/c1-18-17-33-26(24(16-31-33)28(36)32-21-7-5-6-19(14-21)15-30)29(37)34(18)22-12-10-20(11-13-22)27(35)23-8-3-4-9-25(23)38-2/h3-14,16,18H,17H2,1-2H3,(H,32,36)/t18-/m0/s1. The van der Waals surface area contributed by atoms with Crippen LogP contribution < -0.4 is 15.0 Å². The Bertz CT molecular complexity index is 1600. The van der Waals surface area contributed by atoms with Gasteiger partial charge in [0.2, 0.25) is 0 Å². The molecule has 0 spiro atoms. The molecule has 0 aliphatic carbocycles. The van der Waals surface area contributed by atoms with Gasteiger partial charge >= 0.3 is 0 Å². The van der Waals surface area contributed by atoms with E-state index in [-0.39, 0.29) is 29.0 Å². The maximum absolute atomic E-state index is 13.6. The van der Waals surface area contributed by atoms with Gasteiger partial charge in [-0.2, -0.15) is 10.4 Å². The average molecular weight is 506 g/mol. The molecule has 38 heavy (non-hydrogen) atoms. The van der Waals surface area contributed by atoms with Gasteiger partial charge in [0.1, 0.15) is 11.4 Å². The number of fused-ring (bicyclic) bond motifs is 1. The normalized spacial score (nSPS) is 14.4. The SMILES string of the molecule is COc1ccccc1C(=O)c1ccc(N2C(=O)c3c(C(=O)Nc4cccc(C#N)c4)cnn3C[C@@H]2C)cc1. The van der Waals surface area contributed by atoms with Gasteiger partial charge in [0.05, 0.1) is 48.7 Å². The molecule has 1 aliphatic heterocycles. The second kappa shape index (κ2) is 10.0. The molecule has 1 N–H and O–H groups in total. The lowest BCUT2D eigenvalue weighted by molar-refractivity contribution is 0.0933. The van der Waals surface area contributed by atoms with Crippen molar-refractivity contribution >= 4 is 29.0 Å². The number of nitriles is 1. The van der Waals surface area contributed by atoms with E-state index in [1.54, 1.807) is 77.7 Å². The molecule has 2 amide bonds. The van der Waals surface area contributed by atoms with Gasteiger partial charge in [-0.1, -0.05) is 18.2 Å².